The highest BCUT2D eigenvalue weighted by Gasteiger charge is 2.30. The van der Waals surface area contributed by atoms with E-state index in [1.165, 1.54) is 12.4 Å². The van der Waals surface area contributed by atoms with E-state index in [9.17, 15) is 14.9 Å². The third-order valence-corrected chi connectivity index (χ3v) is 7.41. The maximum absolute atomic E-state index is 12.8. The molecule has 0 spiro atoms. The number of aromatic nitrogens is 6. The predicted octanol–water partition coefficient (Wildman–Crippen LogP) is 5.18. The van der Waals surface area contributed by atoms with Crippen LogP contribution in [0.5, 0.6) is 5.75 Å². The Morgan fingerprint density at radius 3 is 2.73 bits per heavy atom. The highest BCUT2D eigenvalue weighted by molar-refractivity contribution is 6.32. The van der Waals surface area contributed by atoms with E-state index in [2.05, 4.69) is 47.4 Å². The van der Waals surface area contributed by atoms with Gasteiger partial charge in [0.05, 0.1) is 43.1 Å². The molecule has 0 fully saturated rings. The van der Waals surface area contributed by atoms with Gasteiger partial charge >= 0.3 is 5.82 Å². The molecule has 0 bridgehead atoms. The van der Waals surface area contributed by atoms with Crippen LogP contribution < -0.4 is 15.4 Å². The number of carbonyl (C=O) groups is 1. The third kappa shape index (κ3) is 8.27. The molecule has 48 heavy (non-hydrogen) atoms. The summed E-state index contributed by atoms with van der Waals surface area (Å²) < 4.78 is 7.77. The quantitative estimate of drug-likeness (QED) is 0.0596. The summed E-state index contributed by atoms with van der Waals surface area (Å²) in [6, 6.07) is 12.6. The van der Waals surface area contributed by atoms with E-state index < -0.39 is 10.8 Å². The summed E-state index contributed by atoms with van der Waals surface area (Å²) in [5.74, 6) is 6.52. The second-order valence-corrected chi connectivity index (χ2v) is 11.7. The number of ether oxygens (including phenoxy) is 1. The number of nitrogens with one attached hydrogen (secondary N) is 2. The van der Waals surface area contributed by atoms with Crippen LogP contribution in [0.2, 0.25) is 5.02 Å². The number of quaternary nitrogens is 1. The number of imidazole rings is 1. The zero-order valence-electron chi connectivity index (χ0n) is 26.6. The van der Waals surface area contributed by atoms with Crippen molar-refractivity contribution in [1.29, 1.82) is 0 Å². The number of likely N-dealkylation sites (N-methyl/N-ethyl adjacent to an activating group) is 1. The molecule has 0 unspecified atom stereocenters. The lowest BCUT2D eigenvalue weighted by molar-refractivity contribution is -0.898. The standard InChI is InChI=1S/C33H31ClN10O4/c1-5-9-30-41-33(43(46)47)27(42(30)2)19-44(3,4)15-8-11-31(45)40-29-17-24-26(18-36-29)37-21-38-32(24)39-22-12-13-28(25(34)16-22)48-20-23-10-6-7-14-35-23/h6-8,10-14,16-18,21H,15,19-20H2,1-4H3,(H-,36,37,38,39,40,45)/p+1/b11-8+. The monoisotopic (exact) mass is 667 g/mol. The smallest absolute Gasteiger partial charge is 0.392 e. The molecule has 1 amide bonds. The Bertz CT molecular complexity index is 2070. The summed E-state index contributed by atoms with van der Waals surface area (Å²) in [6.07, 6.45) is 7.76. The Kier molecular flexibility index (Phi) is 10.2. The Morgan fingerprint density at radius 1 is 1.17 bits per heavy atom. The Morgan fingerprint density at radius 2 is 2.00 bits per heavy atom. The van der Waals surface area contributed by atoms with Crippen LogP contribution in [0.3, 0.4) is 0 Å². The molecule has 5 aromatic rings. The molecule has 0 saturated heterocycles. The average Bonchev–Trinajstić information content (AvgIpc) is 3.35. The molecule has 4 aromatic heterocycles. The van der Waals surface area contributed by atoms with Gasteiger partial charge in [0.15, 0.2) is 5.69 Å². The number of fused-ring (bicyclic) bond motifs is 1. The van der Waals surface area contributed by atoms with Crippen LogP contribution in [0.25, 0.3) is 10.9 Å². The maximum atomic E-state index is 12.8. The van der Waals surface area contributed by atoms with Gasteiger partial charge in [0, 0.05) is 30.4 Å². The first kappa shape index (κ1) is 33.5. The number of nitro groups is 1. The van der Waals surface area contributed by atoms with Crippen LogP contribution in [0, 0.1) is 22.0 Å². The van der Waals surface area contributed by atoms with Crippen LogP contribution in [0.1, 0.15) is 24.1 Å². The van der Waals surface area contributed by atoms with Crippen molar-refractivity contribution in [3.8, 4) is 17.6 Å². The Balaban J connectivity index is 1.23. The number of halogens is 1. The van der Waals surface area contributed by atoms with Gasteiger partial charge in [-0.3, -0.25) is 14.3 Å². The number of carbonyl (C=O) groups excluding carboxylic acids is 1. The first-order chi connectivity index (χ1) is 23.0. The van der Waals surface area contributed by atoms with E-state index in [1.807, 2.05) is 38.4 Å². The average molecular weight is 668 g/mol. The normalized spacial score (nSPS) is 11.3. The Hall–Kier alpha value is -5.91. The molecule has 4 heterocycles. The molecule has 15 heteroatoms. The number of amides is 1. The number of hydrogen-bond donors (Lipinski definition) is 2. The van der Waals surface area contributed by atoms with Crippen molar-refractivity contribution in [2.24, 2.45) is 7.05 Å². The Labute approximate surface area is 281 Å². The van der Waals surface area contributed by atoms with Crippen LogP contribution in [-0.4, -0.2) is 65.4 Å². The highest BCUT2D eigenvalue weighted by atomic mass is 35.5. The molecule has 0 radical (unpaired) electrons. The van der Waals surface area contributed by atoms with Crippen molar-refractivity contribution in [3.63, 3.8) is 0 Å². The highest BCUT2D eigenvalue weighted by Crippen LogP contribution is 2.31. The summed E-state index contributed by atoms with van der Waals surface area (Å²) in [5.41, 5.74) is 2.46. The zero-order chi connectivity index (χ0) is 34.3. The summed E-state index contributed by atoms with van der Waals surface area (Å²) in [7, 11) is 5.51. The number of pyridine rings is 2. The molecule has 0 aliphatic heterocycles. The zero-order valence-corrected chi connectivity index (χ0v) is 27.4. The lowest BCUT2D eigenvalue weighted by atomic mass is 10.2. The minimum Gasteiger partial charge on any atom is -0.486 e. The van der Waals surface area contributed by atoms with Crippen LogP contribution in [0.4, 0.5) is 23.1 Å². The molecule has 14 nitrogen and oxygen atoms in total. The fourth-order valence-corrected chi connectivity index (χ4v) is 4.98. The molecule has 244 valence electrons. The lowest BCUT2D eigenvalue weighted by Gasteiger charge is -2.28. The number of hydrogen-bond acceptors (Lipinski definition) is 10. The minimum atomic E-state index is -0.506. The van der Waals surface area contributed by atoms with Gasteiger partial charge in [-0.1, -0.05) is 23.6 Å². The van der Waals surface area contributed by atoms with Crippen molar-refractivity contribution in [1.82, 2.24) is 29.5 Å². The van der Waals surface area contributed by atoms with E-state index in [-0.39, 0.29) is 12.4 Å². The number of nitrogens with zero attached hydrogens (tertiary/aromatic N) is 8. The first-order valence-electron chi connectivity index (χ1n) is 14.7. The predicted molar refractivity (Wildman–Crippen MR) is 182 cm³/mol. The molecular weight excluding hydrogens is 636 g/mol. The van der Waals surface area contributed by atoms with Crippen LogP contribution in [-0.2, 0) is 25.0 Å². The third-order valence-electron chi connectivity index (χ3n) is 7.12. The van der Waals surface area contributed by atoms with Gasteiger partial charge in [-0.15, -0.1) is 0 Å². The second kappa shape index (κ2) is 14.7. The maximum Gasteiger partial charge on any atom is 0.392 e. The molecule has 0 aliphatic rings. The number of anilines is 3. The summed E-state index contributed by atoms with van der Waals surface area (Å²) in [4.78, 5) is 45.2. The van der Waals surface area contributed by atoms with E-state index in [4.69, 9.17) is 16.3 Å². The van der Waals surface area contributed by atoms with Gasteiger partial charge in [-0.2, -0.15) is 0 Å². The van der Waals surface area contributed by atoms with Gasteiger partial charge < -0.3 is 30.0 Å². The van der Waals surface area contributed by atoms with Crippen molar-refractivity contribution in [3.05, 3.63) is 106 Å². The second-order valence-electron chi connectivity index (χ2n) is 11.3. The first-order valence-corrected chi connectivity index (χ1v) is 15.0. The van der Waals surface area contributed by atoms with E-state index in [0.717, 1.165) is 5.69 Å². The SMILES string of the molecule is CC#Cc1nc([N+](=O)[O-])c(C[N+](C)(C)C/C=C/C(=O)Nc2cc3c(Nc4ccc(OCc5ccccn5)c(Cl)c4)ncnc3cn2)n1C. The largest absolute Gasteiger partial charge is 0.486 e. The molecular formula is C33H32ClN10O4+. The molecule has 0 atom stereocenters. The van der Waals surface area contributed by atoms with Crippen molar-refractivity contribution < 1.29 is 18.9 Å². The van der Waals surface area contributed by atoms with Gasteiger partial charge in [0.25, 0.3) is 5.82 Å². The van der Waals surface area contributed by atoms with Crippen molar-refractivity contribution in [2.45, 2.75) is 20.1 Å². The van der Waals surface area contributed by atoms with E-state index >= 15 is 0 Å². The van der Waals surface area contributed by atoms with Crippen molar-refractivity contribution in [2.75, 3.05) is 31.3 Å². The number of rotatable bonds is 12. The van der Waals surface area contributed by atoms with Crippen LogP contribution >= 0.6 is 11.6 Å². The molecule has 5 rings (SSSR count). The van der Waals surface area contributed by atoms with Gasteiger partial charge in [0.2, 0.25) is 5.91 Å². The topological polar surface area (TPSA) is 163 Å². The molecule has 2 N–H and O–H groups in total. The molecule has 1 aromatic carbocycles. The fourth-order valence-electron chi connectivity index (χ4n) is 4.74. The fraction of sp³-hybridized carbons (Fsp3) is 0.212. The van der Waals surface area contributed by atoms with Gasteiger partial charge in [0.1, 0.15) is 36.9 Å². The summed E-state index contributed by atoms with van der Waals surface area (Å²) >= 11 is 6.49. The molecule has 0 aliphatic carbocycles. The van der Waals surface area contributed by atoms with E-state index in [0.29, 0.717) is 68.1 Å². The number of benzene rings is 1. The minimum absolute atomic E-state index is 0.228. The van der Waals surface area contributed by atoms with E-state index in [1.54, 1.807) is 55.2 Å². The summed E-state index contributed by atoms with van der Waals surface area (Å²) in [5, 5.41) is 18.7. The molecule has 0 saturated carbocycles. The lowest BCUT2D eigenvalue weighted by Crippen LogP contribution is -2.39. The van der Waals surface area contributed by atoms with Crippen molar-refractivity contribution >= 4 is 51.6 Å². The van der Waals surface area contributed by atoms with Crippen LogP contribution in [0.15, 0.2) is 73.3 Å². The van der Waals surface area contributed by atoms with Gasteiger partial charge in [-0.25, -0.2) is 15.0 Å². The van der Waals surface area contributed by atoms with Gasteiger partial charge in [-0.05, 0) is 65.2 Å². The summed E-state index contributed by atoms with van der Waals surface area (Å²) in [6.45, 7) is 2.63.